The summed E-state index contributed by atoms with van der Waals surface area (Å²) in [6, 6.07) is 13.1. The lowest BCUT2D eigenvalue weighted by Gasteiger charge is -2.19. The summed E-state index contributed by atoms with van der Waals surface area (Å²) in [6.45, 7) is -0.236. The lowest BCUT2D eigenvalue weighted by Crippen LogP contribution is -2.42. The fourth-order valence-corrected chi connectivity index (χ4v) is 3.82. The van der Waals surface area contributed by atoms with Gasteiger partial charge in [0.1, 0.15) is 19.3 Å². The summed E-state index contributed by atoms with van der Waals surface area (Å²) in [7, 11) is -2.52. The van der Waals surface area contributed by atoms with Crippen molar-refractivity contribution in [3.8, 4) is 0 Å². The van der Waals surface area contributed by atoms with Gasteiger partial charge in [0.15, 0.2) is 0 Å². The topological polar surface area (TPSA) is 143 Å². The van der Waals surface area contributed by atoms with Crippen molar-refractivity contribution >= 4 is 37.2 Å². The SMILES string of the molecule is COP(=O)(CCC(NC(=O)OCc1ccc([N+](=O)[O-])cc1)C(=O)OCc1ccccc1)OCl. The second-order valence-corrected chi connectivity index (χ2v) is 9.25. The smallest absolute Gasteiger partial charge is 0.408 e. The van der Waals surface area contributed by atoms with Gasteiger partial charge >= 0.3 is 19.7 Å². The van der Waals surface area contributed by atoms with Gasteiger partial charge in [0, 0.05) is 19.2 Å². The Balaban J connectivity index is 1.98. The molecule has 33 heavy (non-hydrogen) atoms. The van der Waals surface area contributed by atoms with E-state index in [4.69, 9.17) is 25.9 Å². The van der Waals surface area contributed by atoms with Crippen molar-refractivity contribution < 1.29 is 37.2 Å². The second kappa shape index (κ2) is 12.9. The summed E-state index contributed by atoms with van der Waals surface area (Å²) in [5.41, 5.74) is 1.13. The number of non-ortho nitro benzene ring substituents is 1. The number of halogens is 1. The Hall–Kier alpha value is -2.98. The zero-order valence-electron chi connectivity index (χ0n) is 17.5. The van der Waals surface area contributed by atoms with Gasteiger partial charge in [-0.25, -0.2) is 9.59 Å². The van der Waals surface area contributed by atoms with Gasteiger partial charge in [-0.15, -0.1) is 0 Å². The first-order chi connectivity index (χ1) is 15.8. The quantitative estimate of drug-likeness (QED) is 0.195. The van der Waals surface area contributed by atoms with E-state index in [2.05, 4.69) is 9.39 Å². The monoisotopic (exact) mass is 500 g/mol. The molecule has 2 aromatic carbocycles. The van der Waals surface area contributed by atoms with Crippen molar-refractivity contribution in [2.45, 2.75) is 25.7 Å². The van der Waals surface area contributed by atoms with Crippen LogP contribution in [0.4, 0.5) is 10.5 Å². The van der Waals surface area contributed by atoms with Gasteiger partial charge in [0.2, 0.25) is 0 Å². The Labute approximate surface area is 194 Å². The third-order valence-corrected chi connectivity index (χ3v) is 6.60. The molecule has 0 aliphatic carbocycles. The Bertz CT molecular complexity index is 981. The van der Waals surface area contributed by atoms with Gasteiger partial charge in [-0.1, -0.05) is 30.3 Å². The highest BCUT2D eigenvalue weighted by Gasteiger charge is 2.30. The molecule has 0 aliphatic rings. The first-order valence-corrected chi connectivity index (χ1v) is 11.6. The lowest BCUT2D eigenvalue weighted by atomic mass is 10.2. The fraction of sp³-hybridized carbons (Fsp3) is 0.300. The Kier molecular flexibility index (Phi) is 10.3. The molecule has 0 aromatic heterocycles. The number of hydrogen-bond donors (Lipinski definition) is 1. The van der Waals surface area contributed by atoms with Crippen LogP contribution >= 0.6 is 19.5 Å². The van der Waals surface area contributed by atoms with E-state index in [1.807, 2.05) is 6.07 Å². The minimum Gasteiger partial charge on any atom is -0.459 e. The highest BCUT2D eigenvalue weighted by molar-refractivity contribution is 7.54. The number of alkyl carbamates (subject to hydrolysis) is 1. The van der Waals surface area contributed by atoms with Crippen molar-refractivity contribution in [2.24, 2.45) is 0 Å². The van der Waals surface area contributed by atoms with Crippen molar-refractivity contribution in [3.63, 3.8) is 0 Å². The molecule has 2 aromatic rings. The number of carbonyl (C=O) groups excluding carboxylic acids is 2. The number of nitrogens with zero attached hydrogens (tertiary/aromatic N) is 1. The third kappa shape index (κ3) is 8.82. The molecule has 1 N–H and O–H groups in total. The van der Waals surface area contributed by atoms with E-state index >= 15 is 0 Å². The van der Waals surface area contributed by atoms with Gasteiger partial charge in [0.05, 0.1) is 23.0 Å². The average molecular weight is 501 g/mol. The molecule has 2 atom stereocenters. The molecule has 178 valence electrons. The molecule has 2 unspecified atom stereocenters. The Morgan fingerprint density at radius 3 is 2.24 bits per heavy atom. The zero-order valence-corrected chi connectivity index (χ0v) is 19.2. The number of esters is 1. The van der Waals surface area contributed by atoms with Crippen LogP contribution in [0.5, 0.6) is 0 Å². The number of ether oxygens (including phenoxy) is 2. The van der Waals surface area contributed by atoms with Crippen LogP contribution in [0.3, 0.4) is 0 Å². The minimum absolute atomic E-state index is 0.0381. The molecule has 13 heteroatoms. The maximum Gasteiger partial charge on any atom is 0.408 e. The van der Waals surface area contributed by atoms with E-state index < -0.39 is 30.6 Å². The van der Waals surface area contributed by atoms with E-state index in [-0.39, 0.29) is 31.5 Å². The Morgan fingerprint density at radius 2 is 1.67 bits per heavy atom. The van der Waals surface area contributed by atoms with E-state index in [0.29, 0.717) is 5.56 Å². The van der Waals surface area contributed by atoms with Crippen LogP contribution in [-0.2, 0) is 40.6 Å². The summed E-state index contributed by atoms with van der Waals surface area (Å²) in [4.78, 5) is 35.0. The molecule has 11 nitrogen and oxygen atoms in total. The van der Waals surface area contributed by atoms with Crippen LogP contribution in [0.15, 0.2) is 54.6 Å². The first-order valence-electron chi connectivity index (χ1n) is 9.58. The number of nitrogens with one attached hydrogen (secondary N) is 1. The highest BCUT2D eigenvalue weighted by Crippen LogP contribution is 2.49. The van der Waals surface area contributed by atoms with Crippen LogP contribution in [-0.4, -0.2) is 36.3 Å². The summed E-state index contributed by atoms with van der Waals surface area (Å²) >= 11 is 5.21. The van der Waals surface area contributed by atoms with Crippen molar-refractivity contribution in [3.05, 3.63) is 75.8 Å². The molecule has 0 saturated heterocycles. The molecule has 0 saturated carbocycles. The van der Waals surface area contributed by atoms with E-state index in [0.717, 1.165) is 12.7 Å². The third-order valence-electron chi connectivity index (χ3n) is 4.39. The number of hydrogen-bond acceptors (Lipinski definition) is 9. The highest BCUT2D eigenvalue weighted by atomic mass is 35.5. The molecule has 0 heterocycles. The first kappa shape index (κ1) is 26.3. The summed E-state index contributed by atoms with van der Waals surface area (Å²) < 4.78 is 31.6. The van der Waals surface area contributed by atoms with Crippen molar-refractivity contribution in [2.75, 3.05) is 13.3 Å². The number of carbonyl (C=O) groups is 2. The number of nitro benzene ring substituents is 1. The molecule has 0 fully saturated rings. The largest absolute Gasteiger partial charge is 0.459 e. The standard InChI is InChI=1S/C20H22ClN2O9P/c1-29-33(28,32-21)12-11-18(19(24)30-13-15-5-3-2-4-6-15)22-20(25)31-14-16-7-9-17(10-8-16)23(26)27/h2-10,18H,11-14H2,1H3,(H,22,25). The maximum absolute atomic E-state index is 12.6. The minimum atomic E-state index is -3.66. The van der Waals surface area contributed by atoms with Crippen molar-refractivity contribution in [1.82, 2.24) is 5.32 Å². The normalized spacial score (nSPS) is 13.4. The maximum atomic E-state index is 12.6. The molecular weight excluding hydrogens is 479 g/mol. The van der Waals surface area contributed by atoms with Crippen molar-refractivity contribution in [1.29, 1.82) is 0 Å². The summed E-state index contributed by atoms with van der Waals surface area (Å²) in [6.07, 6.45) is -1.40. The number of benzene rings is 2. The molecular formula is C20H22ClN2O9P. The van der Waals surface area contributed by atoms with Gasteiger partial charge in [-0.3, -0.25) is 14.7 Å². The summed E-state index contributed by atoms with van der Waals surface area (Å²) in [5, 5.41) is 13.1. The van der Waals surface area contributed by atoms with Gasteiger partial charge in [0.25, 0.3) is 5.69 Å². The van der Waals surface area contributed by atoms with E-state index in [9.17, 15) is 24.3 Å². The van der Waals surface area contributed by atoms with E-state index in [1.165, 1.54) is 24.3 Å². The van der Waals surface area contributed by atoms with Crippen LogP contribution in [0.25, 0.3) is 0 Å². The lowest BCUT2D eigenvalue weighted by molar-refractivity contribution is -0.384. The molecule has 0 radical (unpaired) electrons. The number of nitro groups is 1. The predicted octanol–water partition coefficient (Wildman–Crippen LogP) is 4.33. The Morgan fingerprint density at radius 1 is 1.06 bits per heavy atom. The van der Waals surface area contributed by atoms with Crippen LogP contribution in [0.2, 0.25) is 0 Å². The molecule has 0 bridgehead atoms. The number of amides is 1. The average Bonchev–Trinajstić information content (AvgIpc) is 2.84. The van der Waals surface area contributed by atoms with Crippen LogP contribution < -0.4 is 5.32 Å². The predicted molar refractivity (Wildman–Crippen MR) is 117 cm³/mol. The fourth-order valence-electron chi connectivity index (χ4n) is 2.57. The zero-order chi connectivity index (χ0) is 24.3. The van der Waals surface area contributed by atoms with E-state index in [1.54, 1.807) is 24.3 Å². The van der Waals surface area contributed by atoms with Crippen LogP contribution in [0.1, 0.15) is 17.5 Å². The van der Waals surface area contributed by atoms with Gasteiger partial charge in [-0.2, -0.15) is 4.08 Å². The van der Waals surface area contributed by atoms with Crippen LogP contribution in [0, 0.1) is 10.1 Å². The molecule has 0 aliphatic heterocycles. The molecule has 1 amide bonds. The van der Waals surface area contributed by atoms with Gasteiger partial charge in [-0.05, 0) is 29.7 Å². The summed E-state index contributed by atoms with van der Waals surface area (Å²) in [5.74, 6) is -0.789. The molecule has 0 spiro atoms. The number of rotatable bonds is 12. The second-order valence-electron chi connectivity index (χ2n) is 6.66. The van der Waals surface area contributed by atoms with Gasteiger partial charge < -0.3 is 19.3 Å². The molecule has 2 rings (SSSR count).